The summed E-state index contributed by atoms with van der Waals surface area (Å²) in [6.07, 6.45) is 0. The van der Waals surface area contributed by atoms with Crippen LogP contribution in [0.1, 0.15) is 17.4 Å². The number of rotatable bonds is 3. The van der Waals surface area contributed by atoms with Crippen LogP contribution in [-0.4, -0.2) is 32.1 Å². The monoisotopic (exact) mass is 333 g/mol. The predicted octanol–water partition coefficient (Wildman–Crippen LogP) is 1.99. The van der Waals surface area contributed by atoms with Gasteiger partial charge in [-0.1, -0.05) is 60.7 Å². The molecule has 0 unspecified atom stereocenters. The summed E-state index contributed by atoms with van der Waals surface area (Å²) < 4.78 is 2.08. The van der Waals surface area contributed by atoms with Crippen molar-refractivity contribution in [2.24, 2.45) is 5.73 Å². The van der Waals surface area contributed by atoms with Gasteiger partial charge in [0.2, 0.25) is 5.91 Å². The molecule has 0 fully saturated rings. The number of hydrogen-bond donors (Lipinski definition) is 1. The van der Waals surface area contributed by atoms with Crippen LogP contribution >= 0.6 is 0 Å². The molecule has 6 heteroatoms. The van der Waals surface area contributed by atoms with Crippen LogP contribution in [0.25, 0.3) is 11.4 Å². The van der Waals surface area contributed by atoms with Crippen molar-refractivity contribution in [3.8, 4) is 11.4 Å². The molecule has 2 N–H and O–H groups in total. The number of carbonyl (C=O) groups is 1. The minimum absolute atomic E-state index is 0.0817. The first-order valence-electron chi connectivity index (χ1n) is 8.31. The van der Waals surface area contributed by atoms with E-state index in [0.717, 1.165) is 22.8 Å². The molecule has 1 aliphatic rings. The van der Waals surface area contributed by atoms with E-state index < -0.39 is 6.04 Å². The van der Waals surface area contributed by atoms with Gasteiger partial charge in [-0.25, -0.2) is 0 Å². The van der Waals surface area contributed by atoms with Crippen LogP contribution in [0, 0.1) is 0 Å². The van der Waals surface area contributed by atoms with E-state index in [1.165, 1.54) is 0 Å². The Bertz CT molecular complexity index is 875. The van der Waals surface area contributed by atoms with Gasteiger partial charge in [-0.05, 0) is 5.56 Å². The van der Waals surface area contributed by atoms with Crippen molar-refractivity contribution < 1.29 is 4.79 Å². The van der Waals surface area contributed by atoms with Crippen LogP contribution in [0.15, 0.2) is 60.7 Å². The zero-order chi connectivity index (χ0) is 17.2. The average Bonchev–Trinajstić information content (AvgIpc) is 3.11. The zero-order valence-corrected chi connectivity index (χ0v) is 13.7. The zero-order valence-electron chi connectivity index (χ0n) is 13.7. The Hall–Kier alpha value is -2.99. The topological polar surface area (TPSA) is 77.0 Å². The number of nitrogens with two attached hydrogens (primary N) is 1. The molecule has 1 amide bonds. The minimum atomic E-state index is -0.649. The number of nitrogens with zero attached hydrogens (tertiary/aromatic N) is 4. The normalized spacial score (nSPS) is 14.8. The molecule has 1 aliphatic heterocycles. The molecule has 6 nitrogen and oxygen atoms in total. The van der Waals surface area contributed by atoms with Gasteiger partial charge in [-0.3, -0.25) is 4.79 Å². The van der Waals surface area contributed by atoms with E-state index in [2.05, 4.69) is 14.8 Å². The predicted molar refractivity (Wildman–Crippen MR) is 94.2 cm³/mol. The maximum absolute atomic E-state index is 12.7. The fraction of sp³-hybridized carbons (Fsp3) is 0.211. The Kier molecular flexibility index (Phi) is 4.03. The number of carbonyl (C=O) groups excluding carboxylic acids is 1. The molecule has 126 valence electrons. The lowest BCUT2D eigenvalue weighted by atomic mass is 10.1. The highest BCUT2D eigenvalue weighted by molar-refractivity contribution is 5.83. The van der Waals surface area contributed by atoms with Crippen molar-refractivity contribution in [2.45, 2.75) is 19.1 Å². The van der Waals surface area contributed by atoms with E-state index in [-0.39, 0.29) is 5.91 Å². The van der Waals surface area contributed by atoms with Crippen LogP contribution in [0.4, 0.5) is 0 Å². The van der Waals surface area contributed by atoms with E-state index >= 15 is 0 Å². The number of aromatic nitrogens is 3. The summed E-state index contributed by atoms with van der Waals surface area (Å²) in [6.45, 7) is 1.70. The third-order valence-electron chi connectivity index (χ3n) is 4.52. The first kappa shape index (κ1) is 15.5. The maximum atomic E-state index is 12.7. The van der Waals surface area contributed by atoms with Gasteiger partial charge in [0.05, 0.1) is 6.54 Å². The lowest BCUT2D eigenvalue weighted by molar-refractivity contribution is -0.134. The van der Waals surface area contributed by atoms with E-state index in [1.807, 2.05) is 60.7 Å². The largest absolute Gasteiger partial charge is 0.332 e. The molecule has 3 aromatic rings. The van der Waals surface area contributed by atoms with Crippen molar-refractivity contribution in [1.82, 2.24) is 19.7 Å². The van der Waals surface area contributed by atoms with Gasteiger partial charge >= 0.3 is 0 Å². The van der Waals surface area contributed by atoms with Gasteiger partial charge in [-0.2, -0.15) is 0 Å². The molecule has 0 radical (unpaired) electrons. The summed E-state index contributed by atoms with van der Waals surface area (Å²) >= 11 is 0. The van der Waals surface area contributed by atoms with Crippen molar-refractivity contribution >= 4 is 5.91 Å². The Morgan fingerprint density at radius 3 is 2.36 bits per heavy atom. The molecule has 1 aromatic heterocycles. The average molecular weight is 333 g/mol. The highest BCUT2D eigenvalue weighted by Crippen LogP contribution is 2.23. The van der Waals surface area contributed by atoms with E-state index in [4.69, 9.17) is 5.73 Å². The quantitative estimate of drug-likeness (QED) is 0.795. The molecule has 0 aliphatic carbocycles. The molecule has 4 rings (SSSR count). The van der Waals surface area contributed by atoms with Gasteiger partial charge < -0.3 is 15.2 Å². The highest BCUT2D eigenvalue weighted by Gasteiger charge is 2.28. The minimum Gasteiger partial charge on any atom is -0.332 e. The maximum Gasteiger partial charge on any atom is 0.244 e. The van der Waals surface area contributed by atoms with Crippen molar-refractivity contribution in [3.05, 3.63) is 72.1 Å². The molecule has 2 aromatic carbocycles. The van der Waals surface area contributed by atoms with E-state index in [1.54, 1.807) is 4.90 Å². The van der Waals surface area contributed by atoms with Gasteiger partial charge in [0.25, 0.3) is 0 Å². The lowest BCUT2D eigenvalue weighted by Gasteiger charge is -2.30. The third kappa shape index (κ3) is 2.92. The van der Waals surface area contributed by atoms with E-state index in [0.29, 0.717) is 19.6 Å². The van der Waals surface area contributed by atoms with Crippen LogP contribution in [0.5, 0.6) is 0 Å². The summed E-state index contributed by atoms with van der Waals surface area (Å²) in [6, 6.07) is 18.8. The summed E-state index contributed by atoms with van der Waals surface area (Å²) in [5.41, 5.74) is 8.00. The lowest BCUT2D eigenvalue weighted by Crippen LogP contribution is -2.43. The third-order valence-corrected chi connectivity index (χ3v) is 4.52. The Morgan fingerprint density at radius 1 is 0.960 bits per heavy atom. The van der Waals surface area contributed by atoms with Gasteiger partial charge in [-0.15, -0.1) is 10.2 Å². The second kappa shape index (κ2) is 6.49. The smallest absolute Gasteiger partial charge is 0.244 e. The molecular weight excluding hydrogens is 314 g/mol. The molecule has 1 atom stereocenters. The second-order valence-corrected chi connectivity index (χ2v) is 6.11. The molecule has 0 saturated carbocycles. The SMILES string of the molecule is N[C@@H](C(=O)N1CCn2c(nnc2-c2ccccc2)C1)c1ccccc1. The summed E-state index contributed by atoms with van der Waals surface area (Å²) in [5, 5.41) is 8.58. The van der Waals surface area contributed by atoms with Crippen molar-refractivity contribution in [3.63, 3.8) is 0 Å². The van der Waals surface area contributed by atoms with Crippen molar-refractivity contribution in [2.75, 3.05) is 6.54 Å². The molecule has 0 spiro atoms. The van der Waals surface area contributed by atoms with E-state index in [9.17, 15) is 4.79 Å². The van der Waals surface area contributed by atoms with Crippen LogP contribution in [0.3, 0.4) is 0 Å². The summed E-state index contributed by atoms with van der Waals surface area (Å²) in [7, 11) is 0. The first-order chi connectivity index (χ1) is 12.2. The highest BCUT2D eigenvalue weighted by atomic mass is 16.2. The first-order valence-corrected chi connectivity index (χ1v) is 8.31. The van der Waals surface area contributed by atoms with Crippen LogP contribution in [-0.2, 0) is 17.9 Å². The fourth-order valence-corrected chi connectivity index (χ4v) is 3.15. The number of hydrogen-bond acceptors (Lipinski definition) is 4. The molecule has 0 bridgehead atoms. The Morgan fingerprint density at radius 2 is 1.64 bits per heavy atom. The van der Waals surface area contributed by atoms with Gasteiger partial charge in [0, 0.05) is 18.7 Å². The van der Waals surface area contributed by atoms with Gasteiger partial charge in [0.1, 0.15) is 6.04 Å². The Balaban J connectivity index is 1.54. The van der Waals surface area contributed by atoms with Crippen LogP contribution in [0.2, 0.25) is 0 Å². The second-order valence-electron chi connectivity index (χ2n) is 6.11. The van der Waals surface area contributed by atoms with Crippen molar-refractivity contribution in [1.29, 1.82) is 0 Å². The summed E-state index contributed by atoms with van der Waals surface area (Å²) in [4.78, 5) is 14.5. The number of fused-ring (bicyclic) bond motifs is 1. The van der Waals surface area contributed by atoms with Crippen LogP contribution < -0.4 is 5.73 Å². The molecular formula is C19H19N5O. The molecule has 25 heavy (non-hydrogen) atoms. The molecule has 2 heterocycles. The van der Waals surface area contributed by atoms with Gasteiger partial charge in [0.15, 0.2) is 11.6 Å². The standard InChI is InChI=1S/C19H19N5O/c20-17(14-7-3-1-4-8-14)19(25)23-11-12-24-16(13-23)21-22-18(24)15-9-5-2-6-10-15/h1-10,17H,11-13,20H2/t17-/m1/s1. The fourth-order valence-electron chi connectivity index (χ4n) is 3.15. The Labute approximate surface area is 145 Å². The number of benzene rings is 2. The molecule has 0 saturated heterocycles. The summed E-state index contributed by atoms with van der Waals surface area (Å²) in [5.74, 6) is 1.55. The number of amides is 1.